The van der Waals surface area contributed by atoms with E-state index >= 15 is 13.6 Å². The molecule has 2 saturated heterocycles. The van der Waals surface area contributed by atoms with E-state index in [-0.39, 0.29) is 50.8 Å². The fourth-order valence-electron chi connectivity index (χ4n) is 9.46. The molecule has 65 heavy (non-hydrogen) atoms. The minimum atomic E-state index is -4.02. The van der Waals surface area contributed by atoms with Crippen LogP contribution in [0.3, 0.4) is 0 Å². The van der Waals surface area contributed by atoms with Crippen LogP contribution in [0.15, 0.2) is 62.8 Å². The smallest absolute Gasteiger partial charge is 0.399 e. The molecule has 9 rings (SSSR count). The molecule has 2 aromatic carbocycles. The van der Waals surface area contributed by atoms with Crippen molar-refractivity contribution in [1.29, 1.82) is 0 Å². The van der Waals surface area contributed by atoms with Crippen molar-refractivity contribution in [2.24, 2.45) is 15.7 Å². The normalized spacial score (nSPS) is 26.2. The number of sulfonamides is 1. The zero-order valence-electron chi connectivity index (χ0n) is 35.9. The van der Waals surface area contributed by atoms with Gasteiger partial charge in [-0.05, 0) is 94.4 Å². The predicted molar refractivity (Wildman–Crippen MR) is 228 cm³/mol. The predicted octanol–water partition coefficient (Wildman–Crippen LogP) is 5.58. The van der Waals surface area contributed by atoms with E-state index in [1.807, 2.05) is 27.7 Å². The Morgan fingerprint density at radius 3 is 2.35 bits per heavy atom. The number of rotatable bonds is 10. The number of nitrogens with zero attached hydrogens (tertiary/aromatic N) is 6. The van der Waals surface area contributed by atoms with Gasteiger partial charge in [0.1, 0.15) is 41.2 Å². The molecule has 0 bridgehead atoms. The molecule has 5 aliphatic rings. The van der Waals surface area contributed by atoms with Crippen LogP contribution in [-0.2, 0) is 43.0 Å². The van der Waals surface area contributed by atoms with Crippen LogP contribution in [0.1, 0.15) is 87.8 Å². The maximum Gasteiger partial charge on any atom is 0.494 e. The summed E-state index contributed by atoms with van der Waals surface area (Å²) < 4.78 is 133. The van der Waals surface area contributed by atoms with E-state index in [0.717, 1.165) is 23.0 Å². The van der Waals surface area contributed by atoms with Gasteiger partial charge in [0, 0.05) is 41.7 Å². The molecule has 2 N–H and O–H groups in total. The van der Waals surface area contributed by atoms with E-state index in [2.05, 4.69) is 20.2 Å². The van der Waals surface area contributed by atoms with E-state index < -0.39 is 117 Å². The summed E-state index contributed by atoms with van der Waals surface area (Å²) in [5.74, 6) is -8.92. The molecule has 3 aliphatic carbocycles. The molecule has 1 amide bonds. The van der Waals surface area contributed by atoms with Crippen molar-refractivity contribution in [3.63, 3.8) is 0 Å². The number of carbonyl (C=O) groups excluding carboxylic acids is 1. The van der Waals surface area contributed by atoms with Gasteiger partial charge in [-0.1, -0.05) is 17.7 Å². The van der Waals surface area contributed by atoms with Gasteiger partial charge in [-0.3, -0.25) is 18.8 Å². The first-order valence-electron chi connectivity index (χ1n) is 20.5. The van der Waals surface area contributed by atoms with Crippen molar-refractivity contribution in [3.8, 4) is 0 Å². The molecule has 3 fully saturated rings. The van der Waals surface area contributed by atoms with E-state index in [1.165, 1.54) is 23.2 Å². The average molecular weight is 947 g/mol. The van der Waals surface area contributed by atoms with Gasteiger partial charge in [0.25, 0.3) is 27.9 Å². The number of halogens is 7. The summed E-state index contributed by atoms with van der Waals surface area (Å²) in [6, 6.07) is 4.75. The van der Waals surface area contributed by atoms with Crippen molar-refractivity contribution < 1.29 is 48.9 Å². The summed E-state index contributed by atoms with van der Waals surface area (Å²) >= 11 is 6.84. The molecule has 2 aromatic heterocycles. The molecule has 4 heterocycles. The standard InChI is InChI=1S/C42H42BClF6N8O6S/c1-39(2)40(3,4)64-43(63-39)20-8-9-23-26(15-20)52-36(58(37(23)60)28-10-11-29(44)41(5)33(28)56(6)54-38(41)55-65(7,61)62)27(14-19-12-21(45)16-22(46)13-19)51-30(59)18-57-34-31(32(53-57)35(47)48)24-17-25(24)42(34,49)50/h8-13,15-16,24-25,27,33,35H,14,17-18H2,1-7H3,(H,51,59)(H,54,55)/t24-,25+,27+,33?,41?/m1/s1. The first kappa shape index (κ1) is 45.1. The SMILES string of the molecule is CN1NC(=NS(C)(=O)=O)C2(C)C(Cl)=CC=C(n3c([C@H](Cc4cc(F)cc(F)c4)NC(=O)Cn4nc(C(F)F)c5c4C(F)(F)[C@H]4C[C@@H]54)nc4cc(B5OC(C)(C)C(C)(C)O5)ccc4c3=O)C12. The van der Waals surface area contributed by atoms with Crippen LogP contribution in [-0.4, -0.2) is 82.2 Å². The summed E-state index contributed by atoms with van der Waals surface area (Å²) in [7, 11) is -3.38. The molecule has 0 spiro atoms. The van der Waals surface area contributed by atoms with Gasteiger partial charge in [0.2, 0.25) is 5.91 Å². The van der Waals surface area contributed by atoms with E-state index in [1.54, 1.807) is 26.1 Å². The van der Waals surface area contributed by atoms with Crippen molar-refractivity contribution in [1.82, 2.24) is 35.1 Å². The number of benzene rings is 2. The number of alkyl halides is 4. The molecule has 344 valence electrons. The molecule has 5 atom stereocenters. The monoisotopic (exact) mass is 946 g/mol. The van der Waals surface area contributed by atoms with Crippen LogP contribution < -0.4 is 21.8 Å². The Morgan fingerprint density at radius 2 is 1.72 bits per heavy atom. The van der Waals surface area contributed by atoms with E-state index in [0.29, 0.717) is 16.2 Å². The zero-order valence-corrected chi connectivity index (χ0v) is 37.5. The third kappa shape index (κ3) is 7.39. The number of carbonyl (C=O) groups is 1. The Balaban J connectivity index is 1.23. The van der Waals surface area contributed by atoms with Gasteiger partial charge in [-0.15, -0.1) is 4.40 Å². The van der Waals surface area contributed by atoms with Crippen molar-refractivity contribution in [2.75, 3.05) is 13.3 Å². The molecule has 23 heteroatoms. The number of likely N-dealkylation sites (N-methyl/N-ethyl adjacent to an activating group) is 1. The Bertz CT molecular complexity index is 2960. The van der Waals surface area contributed by atoms with Crippen molar-refractivity contribution >= 4 is 62.5 Å². The highest BCUT2D eigenvalue weighted by Crippen LogP contribution is 2.68. The topological polar surface area (TPSA) is 162 Å². The molecule has 2 unspecified atom stereocenters. The lowest BCUT2D eigenvalue weighted by Gasteiger charge is -2.37. The second kappa shape index (κ2) is 15.0. The number of amides is 1. The van der Waals surface area contributed by atoms with Crippen LogP contribution in [0.25, 0.3) is 16.6 Å². The van der Waals surface area contributed by atoms with Gasteiger partial charge >= 0.3 is 7.12 Å². The van der Waals surface area contributed by atoms with Gasteiger partial charge in [0.05, 0.1) is 45.9 Å². The minimum Gasteiger partial charge on any atom is -0.399 e. The Labute approximate surface area is 373 Å². The lowest BCUT2D eigenvalue weighted by atomic mass is 9.77. The van der Waals surface area contributed by atoms with Crippen LogP contribution >= 0.6 is 11.6 Å². The van der Waals surface area contributed by atoms with Crippen molar-refractivity contribution in [2.45, 2.75) is 95.6 Å². The van der Waals surface area contributed by atoms with Crippen molar-refractivity contribution in [3.05, 3.63) is 104 Å². The fourth-order valence-corrected chi connectivity index (χ4v) is 10.3. The summed E-state index contributed by atoms with van der Waals surface area (Å²) in [5, 5.41) is 8.12. The summed E-state index contributed by atoms with van der Waals surface area (Å²) in [5.41, 5.74) is -2.05. The highest BCUT2D eigenvalue weighted by atomic mass is 35.5. The number of allylic oxidation sites excluding steroid dienone is 2. The zero-order chi connectivity index (χ0) is 47.1. The number of fused-ring (bicyclic) bond motifs is 5. The number of hydrogen-bond donors (Lipinski definition) is 2. The third-order valence-electron chi connectivity index (χ3n) is 13.3. The number of nitrogens with one attached hydrogen (secondary N) is 2. The van der Waals surface area contributed by atoms with Crippen LogP contribution in [0, 0.1) is 23.0 Å². The maximum atomic E-state index is 15.6. The quantitative estimate of drug-likeness (QED) is 0.152. The summed E-state index contributed by atoms with van der Waals surface area (Å²) in [6.45, 7) is 8.04. The minimum absolute atomic E-state index is 0.00607. The largest absolute Gasteiger partial charge is 0.494 e. The molecular formula is C42H42BClF6N8O6S. The molecule has 1 saturated carbocycles. The Morgan fingerprint density at radius 1 is 1.06 bits per heavy atom. The van der Waals surface area contributed by atoms with Gasteiger partial charge in [0.15, 0.2) is 0 Å². The molecule has 0 radical (unpaired) electrons. The van der Waals surface area contributed by atoms with Gasteiger partial charge < -0.3 is 20.1 Å². The van der Waals surface area contributed by atoms with E-state index in [4.69, 9.17) is 25.9 Å². The molecule has 4 aromatic rings. The van der Waals surface area contributed by atoms with Gasteiger partial charge in [-0.2, -0.15) is 13.9 Å². The Kier molecular flexibility index (Phi) is 10.4. The van der Waals surface area contributed by atoms with Crippen LogP contribution in [0.4, 0.5) is 26.3 Å². The molecule has 14 nitrogen and oxygen atoms in total. The summed E-state index contributed by atoms with van der Waals surface area (Å²) in [4.78, 5) is 34.4. The first-order valence-corrected chi connectivity index (χ1v) is 22.8. The van der Waals surface area contributed by atoms with Crippen LogP contribution in [0.5, 0.6) is 0 Å². The second-order valence-corrected chi connectivity index (χ2v) is 20.4. The highest BCUT2D eigenvalue weighted by Gasteiger charge is 2.67. The maximum absolute atomic E-state index is 15.6. The van der Waals surface area contributed by atoms with Crippen LogP contribution in [0.2, 0.25) is 0 Å². The third-order valence-corrected chi connectivity index (χ3v) is 14.3. The number of amidine groups is 1. The Hall–Kier alpha value is -5.03. The number of aromatic nitrogens is 4. The molecule has 2 aliphatic heterocycles. The van der Waals surface area contributed by atoms with Gasteiger partial charge in [-0.25, -0.2) is 36.0 Å². The lowest BCUT2D eigenvalue weighted by Crippen LogP contribution is -2.46. The first-order chi connectivity index (χ1) is 30.2. The van der Waals surface area contributed by atoms with E-state index in [9.17, 15) is 30.8 Å². The highest BCUT2D eigenvalue weighted by molar-refractivity contribution is 7.89. The molecular weight excluding hydrogens is 905 g/mol. The number of hydrogen-bond acceptors (Lipinski definition) is 9. The summed E-state index contributed by atoms with van der Waals surface area (Å²) in [6.07, 6.45) is 0.138. The fraction of sp³-hybridized carbons (Fsp3) is 0.452. The lowest BCUT2D eigenvalue weighted by molar-refractivity contribution is -0.123. The average Bonchev–Trinajstić information content (AvgIpc) is 3.68. The second-order valence-electron chi connectivity index (χ2n) is 18.4. The number of hydrazine groups is 1.